The lowest BCUT2D eigenvalue weighted by atomic mass is 10.1. The lowest BCUT2D eigenvalue weighted by Crippen LogP contribution is -2.47. The van der Waals surface area contributed by atoms with Gasteiger partial charge in [-0.05, 0) is 31.4 Å². The predicted octanol–water partition coefficient (Wildman–Crippen LogP) is 8.04. The molecule has 0 aliphatic carbocycles. The van der Waals surface area contributed by atoms with E-state index < -0.39 is 6.04 Å². The van der Waals surface area contributed by atoms with Gasteiger partial charge in [0.05, 0.1) is 0 Å². The number of hydrogen-bond donors (Lipinski definition) is 4. The molecule has 6 nitrogen and oxygen atoms in total. The van der Waals surface area contributed by atoms with Crippen LogP contribution in [0.2, 0.25) is 0 Å². The molecule has 236 valence electrons. The molecule has 0 aromatic rings. The largest absolute Gasteiger partial charge is 0.356 e. The maximum absolute atomic E-state index is 12.8. The van der Waals surface area contributed by atoms with Crippen LogP contribution in [0.5, 0.6) is 0 Å². The van der Waals surface area contributed by atoms with Crippen molar-refractivity contribution in [1.29, 1.82) is 0 Å². The molecule has 0 aliphatic rings. The van der Waals surface area contributed by atoms with Crippen LogP contribution in [-0.4, -0.2) is 42.6 Å². The zero-order chi connectivity index (χ0) is 29.5. The molecule has 0 fully saturated rings. The van der Waals surface area contributed by atoms with E-state index in [9.17, 15) is 14.4 Å². The van der Waals surface area contributed by atoms with Crippen molar-refractivity contribution in [2.45, 2.75) is 174 Å². The maximum atomic E-state index is 12.8. The van der Waals surface area contributed by atoms with Crippen LogP contribution in [0.3, 0.4) is 0 Å². The lowest BCUT2D eigenvalue weighted by Gasteiger charge is -2.18. The molecule has 0 bridgehead atoms. The Hall–Kier alpha value is -1.24. The summed E-state index contributed by atoms with van der Waals surface area (Å²) in [5.41, 5.74) is 0. The van der Waals surface area contributed by atoms with Gasteiger partial charge in [-0.3, -0.25) is 14.4 Å². The van der Waals surface area contributed by atoms with E-state index in [-0.39, 0.29) is 24.1 Å². The molecule has 0 spiro atoms. The summed E-state index contributed by atoms with van der Waals surface area (Å²) in [5.74, 6) is 0.245. The number of carbonyl (C=O) groups is 3. The van der Waals surface area contributed by atoms with Gasteiger partial charge in [0.25, 0.3) is 0 Å². The second-order valence-electron chi connectivity index (χ2n) is 11.5. The van der Waals surface area contributed by atoms with E-state index in [2.05, 4.69) is 42.4 Å². The number of nitrogens with one attached hydrogen (secondary N) is 3. The van der Waals surface area contributed by atoms with E-state index in [4.69, 9.17) is 0 Å². The van der Waals surface area contributed by atoms with Crippen molar-refractivity contribution in [2.24, 2.45) is 0 Å². The highest BCUT2D eigenvalue weighted by Gasteiger charge is 2.21. The maximum Gasteiger partial charge on any atom is 0.242 e. The van der Waals surface area contributed by atoms with Crippen LogP contribution in [0, 0.1) is 0 Å². The summed E-state index contributed by atoms with van der Waals surface area (Å²) >= 11 is 4.17. The third-order valence-electron chi connectivity index (χ3n) is 7.56. The number of rotatable bonds is 30. The molecule has 0 unspecified atom stereocenters. The summed E-state index contributed by atoms with van der Waals surface area (Å²) in [5, 5.41) is 8.81. The Morgan fingerprint density at radius 2 is 0.950 bits per heavy atom. The molecule has 0 aromatic carbocycles. The van der Waals surface area contributed by atoms with Gasteiger partial charge in [-0.1, -0.05) is 129 Å². The minimum atomic E-state index is -0.668. The zero-order valence-corrected chi connectivity index (χ0v) is 27.2. The van der Waals surface area contributed by atoms with Crippen molar-refractivity contribution in [3.8, 4) is 0 Å². The molecular formula is C33H65N3O3S. The normalized spacial score (nSPS) is 11.8. The molecule has 40 heavy (non-hydrogen) atoms. The Kier molecular flexibility index (Phi) is 29.8. The molecular weight excluding hydrogens is 518 g/mol. The summed E-state index contributed by atoms with van der Waals surface area (Å²) in [6.45, 7) is 5.79. The fourth-order valence-electron chi connectivity index (χ4n) is 4.93. The van der Waals surface area contributed by atoms with Gasteiger partial charge in [-0.15, -0.1) is 0 Å². The SMILES string of the molecule is CCCCCCCCCCCCNC(=O)CC[C@H](NC(=O)CCCS)C(=O)NCCCCCCCCCCCC. The highest BCUT2D eigenvalue weighted by molar-refractivity contribution is 7.80. The average Bonchev–Trinajstić information content (AvgIpc) is 2.95. The Morgan fingerprint density at radius 3 is 1.40 bits per heavy atom. The summed E-state index contributed by atoms with van der Waals surface area (Å²) in [6, 6.07) is -0.668. The second kappa shape index (κ2) is 30.7. The van der Waals surface area contributed by atoms with Gasteiger partial charge in [-0.25, -0.2) is 0 Å². The third-order valence-corrected chi connectivity index (χ3v) is 7.87. The van der Waals surface area contributed by atoms with Crippen LogP contribution in [0.15, 0.2) is 0 Å². The molecule has 7 heteroatoms. The minimum absolute atomic E-state index is 0.0481. The first kappa shape index (κ1) is 38.8. The molecule has 0 saturated carbocycles. The van der Waals surface area contributed by atoms with Crippen molar-refractivity contribution in [3.05, 3.63) is 0 Å². The van der Waals surface area contributed by atoms with Gasteiger partial charge >= 0.3 is 0 Å². The first-order valence-electron chi connectivity index (χ1n) is 17.0. The smallest absolute Gasteiger partial charge is 0.242 e. The van der Waals surface area contributed by atoms with Crippen LogP contribution < -0.4 is 16.0 Å². The molecule has 0 rings (SSSR count). The van der Waals surface area contributed by atoms with Crippen LogP contribution in [-0.2, 0) is 14.4 Å². The third kappa shape index (κ3) is 27.0. The molecule has 3 amide bonds. The molecule has 0 radical (unpaired) electrons. The van der Waals surface area contributed by atoms with Gasteiger partial charge in [0.15, 0.2) is 0 Å². The van der Waals surface area contributed by atoms with Gasteiger partial charge in [0, 0.05) is 25.9 Å². The average molecular weight is 584 g/mol. The van der Waals surface area contributed by atoms with Crippen molar-refractivity contribution >= 4 is 30.4 Å². The van der Waals surface area contributed by atoms with E-state index in [1.54, 1.807) is 0 Å². The summed E-state index contributed by atoms with van der Waals surface area (Å²) < 4.78 is 0. The van der Waals surface area contributed by atoms with Crippen molar-refractivity contribution < 1.29 is 14.4 Å². The second-order valence-corrected chi connectivity index (χ2v) is 11.9. The first-order valence-corrected chi connectivity index (χ1v) is 17.6. The number of unbranched alkanes of at least 4 members (excludes halogenated alkanes) is 18. The Labute approximate surface area is 253 Å². The van der Waals surface area contributed by atoms with Crippen molar-refractivity contribution in [2.75, 3.05) is 18.8 Å². The molecule has 3 N–H and O–H groups in total. The van der Waals surface area contributed by atoms with Gasteiger partial charge in [-0.2, -0.15) is 12.6 Å². The predicted molar refractivity (Wildman–Crippen MR) is 174 cm³/mol. The van der Waals surface area contributed by atoms with E-state index in [1.807, 2.05) is 0 Å². The summed E-state index contributed by atoms with van der Waals surface area (Å²) in [6.07, 6.45) is 26.7. The highest BCUT2D eigenvalue weighted by atomic mass is 32.1. The van der Waals surface area contributed by atoms with Gasteiger partial charge < -0.3 is 16.0 Å². The number of thiol groups is 1. The van der Waals surface area contributed by atoms with Gasteiger partial charge in [0.2, 0.25) is 17.7 Å². The molecule has 0 heterocycles. The van der Waals surface area contributed by atoms with Gasteiger partial charge in [0.1, 0.15) is 6.04 Å². The standard InChI is InChI=1S/C33H65N3O3S/c1-3-5-7-9-11-13-15-17-19-21-27-34-31(37)26-25-30(36-32(38)24-23-29-40)33(39)35-28-22-20-18-16-14-12-10-8-6-4-2/h30,40H,3-29H2,1-2H3,(H,34,37)(H,35,39)(H,36,38)/t30-/m0/s1. The number of carbonyl (C=O) groups excluding carboxylic acids is 3. The number of amides is 3. The topological polar surface area (TPSA) is 87.3 Å². The van der Waals surface area contributed by atoms with E-state index in [1.165, 1.54) is 103 Å². The quantitative estimate of drug-likeness (QED) is 0.0510. The van der Waals surface area contributed by atoms with Crippen LogP contribution in [0.25, 0.3) is 0 Å². The van der Waals surface area contributed by atoms with Crippen molar-refractivity contribution in [3.63, 3.8) is 0 Å². The fourth-order valence-corrected chi connectivity index (χ4v) is 5.08. The number of hydrogen-bond acceptors (Lipinski definition) is 4. The van der Waals surface area contributed by atoms with E-state index in [0.29, 0.717) is 38.1 Å². The molecule has 0 aromatic heterocycles. The molecule has 0 aliphatic heterocycles. The fraction of sp³-hybridized carbons (Fsp3) is 0.909. The zero-order valence-electron chi connectivity index (χ0n) is 26.3. The summed E-state index contributed by atoms with van der Waals surface area (Å²) in [4.78, 5) is 37.5. The minimum Gasteiger partial charge on any atom is -0.356 e. The van der Waals surface area contributed by atoms with Crippen LogP contribution in [0.1, 0.15) is 168 Å². The van der Waals surface area contributed by atoms with Crippen molar-refractivity contribution in [1.82, 2.24) is 16.0 Å². The highest BCUT2D eigenvalue weighted by Crippen LogP contribution is 2.11. The molecule has 0 saturated heterocycles. The Balaban J connectivity index is 4.11. The first-order chi connectivity index (χ1) is 19.5. The Morgan fingerprint density at radius 1 is 0.525 bits per heavy atom. The van der Waals surface area contributed by atoms with Crippen LogP contribution in [0.4, 0.5) is 0 Å². The molecule has 1 atom stereocenters. The van der Waals surface area contributed by atoms with E-state index in [0.717, 1.165) is 25.7 Å². The monoisotopic (exact) mass is 583 g/mol. The summed E-state index contributed by atoms with van der Waals surface area (Å²) in [7, 11) is 0. The van der Waals surface area contributed by atoms with Crippen LogP contribution >= 0.6 is 12.6 Å². The van der Waals surface area contributed by atoms with E-state index >= 15 is 0 Å². The Bertz CT molecular complexity index is 603. The lowest BCUT2D eigenvalue weighted by molar-refractivity contribution is -0.129.